The van der Waals surface area contributed by atoms with Gasteiger partial charge in [0.05, 0.1) is 77.8 Å². The standard InChI is InChI=1S/C22H46NO7P/c1-7-22(5,6)20-30-31(24,21(2,3)4)23-8-10-25-12-14-27-16-18-29-19-17-28-15-13-26-11-9-23/h7-20H2,1-6H3. The van der Waals surface area contributed by atoms with Crippen molar-refractivity contribution in [1.82, 2.24) is 4.67 Å². The molecule has 0 N–H and O–H groups in total. The second-order valence-electron chi connectivity index (χ2n) is 9.50. The van der Waals surface area contributed by atoms with Crippen LogP contribution in [0.1, 0.15) is 48.0 Å². The molecule has 31 heavy (non-hydrogen) atoms. The van der Waals surface area contributed by atoms with Gasteiger partial charge in [-0.15, -0.1) is 0 Å². The van der Waals surface area contributed by atoms with Gasteiger partial charge in [-0.25, -0.2) is 4.67 Å². The van der Waals surface area contributed by atoms with Crippen molar-refractivity contribution in [2.75, 3.05) is 85.8 Å². The molecule has 1 aliphatic rings. The van der Waals surface area contributed by atoms with Gasteiger partial charge in [0.15, 0.2) is 0 Å². The highest BCUT2D eigenvalue weighted by Crippen LogP contribution is 2.62. The van der Waals surface area contributed by atoms with Gasteiger partial charge in [-0.3, -0.25) is 4.57 Å². The van der Waals surface area contributed by atoms with Gasteiger partial charge in [-0.05, 0) is 32.6 Å². The highest BCUT2D eigenvalue weighted by Gasteiger charge is 2.44. The van der Waals surface area contributed by atoms with E-state index in [0.29, 0.717) is 85.8 Å². The van der Waals surface area contributed by atoms with Crippen LogP contribution in [0.4, 0.5) is 0 Å². The average Bonchev–Trinajstić information content (AvgIpc) is 2.71. The summed E-state index contributed by atoms with van der Waals surface area (Å²) in [7, 11) is -3.15. The molecule has 1 heterocycles. The molecule has 8 nitrogen and oxygen atoms in total. The van der Waals surface area contributed by atoms with Crippen LogP contribution < -0.4 is 0 Å². The maximum atomic E-state index is 14.2. The van der Waals surface area contributed by atoms with Crippen LogP contribution in [0.15, 0.2) is 0 Å². The number of nitrogens with zero attached hydrogens (tertiary/aromatic N) is 1. The molecule has 1 saturated heterocycles. The quantitative estimate of drug-likeness (QED) is 0.565. The molecular weight excluding hydrogens is 421 g/mol. The highest BCUT2D eigenvalue weighted by molar-refractivity contribution is 7.58. The van der Waals surface area contributed by atoms with Gasteiger partial charge >= 0.3 is 0 Å². The summed E-state index contributed by atoms with van der Waals surface area (Å²) in [6, 6.07) is 0. The smallest absolute Gasteiger partial charge is 0.277 e. The Balaban J connectivity index is 2.81. The van der Waals surface area contributed by atoms with E-state index in [2.05, 4.69) is 20.8 Å². The molecule has 1 aliphatic heterocycles. The van der Waals surface area contributed by atoms with Gasteiger partial charge in [-0.2, -0.15) is 0 Å². The highest BCUT2D eigenvalue weighted by atomic mass is 31.2. The third-order valence-electron chi connectivity index (χ3n) is 5.28. The molecule has 0 aromatic heterocycles. The van der Waals surface area contributed by atoms with Crippen molar-refractivity contribution in [3.63, 3.8) is 0 Å². The first-order chi connectivity index (χ1) is 14.6. The minimum absolute atomic E-state index is 0.0387. The van der Waals surface area contributed by atoms with E-state index in [4.69, 9.17) is 28.2 Å². The molecule has 0 amide bonds. The van der Waals surface area contributed by atoms with Crippen LogP contribution in [0.25, 0.3) is 0 Å². The van der Waals surface area contributed by atoms with Gasteiger partial charge < -0.3 is 28.2 Å². The number of rotatable bonds is 5. The van der Waals surface area contributed by atoms with Crippen molar-refractivity contribution in [1.29, 1.82) is 0 Å². The Kier molecular flexibility index (Phi) is 14.0. The molecule has 1 atom stereocenters. The molecule has 9 heteroatoms. The predicted octanol–water partition coefficient (Wildman–Crippen LogP) is 3.83. The minimum atomic E-state index is -3.15. The Morgan fingerprint density at radius 1 is 0.710 bits per heavy atom. The average molecular weight is 468 g/mol. The summed E-state index contributed by atoms with van der Waals surface area (Å²) in [5, 5.41) is -0.528. The monoisotopic (exact) mass is 467 g/mol. The molecule has 0 radical (unpaired) electrons. The fourth-order valence-corrected chi connectivity index (χ4v) is 5.37. The van der Waals surface area contributed by atoms with Crippen LogP contribution in [-0.2, 0) is 32.8 Å². The van der Waals surface area contributed by atoms with Gasteiger partial charge in [-0.1, -0.05) is 20.8 Å². The number of ether oxygens (including phenoxy) is 5. The van der Waals surface area contributed by atoms with Crippen molar-refractivity contribution in [2.24, 2.45) is 5.41 Å². The number of hydrogen-bond donors (Lipinski definition) is 0. The molecule has 1 unspecified atom stereocenters. The van der Waals surface area contributed by atoms with E-state index < -0.39 is 12.7 Å². The van der Waals surface area contributed by atoms with Crippen LogP contribution in [0.5, 0.6) is 0 Å². The van der Waals surface area contributed by atoms with Crippen molar-refractivity contribution in [2.45, 2.75) is 53.1 Å². The van der Waals surface area contributed by atoms with E-state index >= 15 is 0 Å². The maximum Gasteiger partial charge on any atom is 0.277 e. The van der Waals surface area contributed by atoms with E-state index in [0.717, 1.165) is 6.42 Å². The zero-order valence-corrected chi connectivity index (χ0v) is 21.5. The van der Waals surface area contributed by atoms with Crippen LogP contribution in [0, 0.1) is 5.41 Å². The SMILES string of the molecule is CCC(C)(C)COP(=O)(N1CCOCCOCCOCCOCCOCC1)C(C)(C)C. The zero-order valence-electron chi connectivity index (χ0n) is 20.7. The molecule has 0 aromatic carbocycles. The van der Waals surface area contributed by atoms with Crippen molar-refractivity contribution in [3.05, 3.63) is 0 Å². The van der Waals surface area contributed by atoms with E-state index in [1.807, 2.05) is 25.4 Å². The Morgan fingerprint density at radius 3 is 1.39 bits per heavy atom. The van der Waals surface area contributed by atoms with E-state index in [9.17, 15) is 4.57 Å². The molecule has 0 aliphatic carbocycles. The fourth-order valence-electron chi connectivity index (χ4n) is 2.76. The lowest BCUT2D eigenvalue weighted by Gasteiger charge is -2.40. The van der Waals surface area contributed by atoms with Gasteiger partial charge in [0, 0.05) is 13.1 Å². The Labute approximate surface area is 189 Å². The summed E-state index contributed by atoms with van der Waals surface area (Å²) in [5.74, 6) is 0. The third kappa shape index (κ3) is 11.6. The summed E-state index contributed by atoms with van der Waals surface area (Å²) in [6.07, 6.45) is 0.953. The molecule has 186 valence electrons. The summed E-state index contributed by atoms with van der Waals surface area (Å²) < 4.78 is 50.3. The maximum absolute atomic E-state index is 14.2. The third-order valence-corrected chi connectivity index (χ3v) is 8.60. The second kappa shape index (κ2) is 15.0. The van der Waals surface area contributed by atoms with Crippen LogP contribution in [0.3, 0.4) is 0 Å². The normalized spacial score (nSPS) is 22.9. The van der Waals surface area contributed by atoms with Crippen LogP contribution in [0.2, 0.25) is 0 Å². The summed E-state index contributed by atoms with van der Waals surface area (Å²) in [4.78, 5) is 0. The first-order valence-corrected chi connectivity index (χ1v) is 13.1. The van der Waals surface area contributed by atoms with Crippen molar-refractivity contribution < 1.29 is 32.8 Å². The molecule has 1 fully saturated rings. The zero-order chi connectivity index (χ0) is 23.2. The molecular formula is C22H46NO7P. The van der Waals surface area contributed by atoms with Crippen molar-refractivity contribution in [3.8, 4) is 0 Å². The number of hydrogen-bond acceptors (Lipinski definition) is 7. The predicted molar refractivity (Wildman–Crippen MR) is 123 cm³/mol. The lowest BCUT2D eigenvalue weighted by Crippen LogP contribution is -2.37. The minimum Gasteiger partial charge on any atom is -0.378 e. The van der Waals surface area contributed by atoms with Crippen LogP contribution >= 0.6 is 7.52 Å². The Morgan fingerprint density at radius 2 is 1.06 bits per heavy atom. The molecule has 0 saturated carbocycles. The first-order valence-electron chi connectivity index (χ1n) is 11.5. The van der Waals surface area contributed by atoms with Gasteiger partial charge in [0.25, 0.3) is 7.52 Å². The molecule has 0 bridgehead atoms. The van der Waals surface area contributed by atoms with E-state index in [-0.39, 0.29) is 5.41 Å². The first kappa shape index (κ1) is 29.0. The summed E-state index contributed by atoms with van der Waals surface area (Å²) in [6.45, 7) is 18.8. The van der Waals surface area contributed by atoms with Crippen molar-refractivity contribution >= 4 is 7.52 Å². The van der Waals surface area contributed by atoms with Crippen LogP contribution in [-0.4, -0.2) is 95.6 Å². The summed E-state index contributed by atoms with van der Waals surface area (Å²) >= 11 is 0. The Bertz CT molecular complexity index is 493. The fraction of sp³-hybridized carbons (Fsp3) is 1.00. The second-order valence-corrected chi connectivity index (χ2v) is 12.7. The van der Waals surface area contributed by atoms with E-state index in [1.165, 1.54) is 0 Å². The molecule has 0 spiro atoms. The Hall–Kier alpha value is -0.0500. The molecule has 1 rings (SSSR count). The summed E-state index contributed by atoms with van der Waals surface area (Å²) in [5.41, 5.74) is -0.0387. The topological polar surface area (TPSA) is 75.7 Å². The van der Waals surface area contributed by atoms with Gasteiger partial charge in [0.2, 0.25) is 0 Å². The molecule has 0 aromatic rings. The lowest BCUT2D eigenvalue weighted by atomic mass is 9.92. The largest absolute Gasteiger partial charge is 0.378 e. The lowest BCUT2D eigenvalue weighted by molar-refractivity contribution is -0.0159. The van der Waals surface area contributed by atoms with E-state index in [1.54, 1.807) is 0 Å². The van der Waals surface area contributed by atoms with Gasteiger partial charge in [0.1, 0.15) is 0 Å².